The third-order valence-corrected chi connectivity index (χ3v) is 0.417. The second-order valence-corrected chi connectivity index (χ2v) is 1.48. The molecule has 0 saturated heterocycles. The van der Waals surface area contributed by atoms with E-state index in [-0.39, 0.29) is 0 Å². The van der Waals surface area contributed by atoms with Crippen LogP contribution in [0.15, 0.2) is 0 Å². The molecule has 0 radical (unpaired) electrons. The lowest BCUT2D eigenvalue weighted by molar-refractivity contribution is -1.92. The standard InChI is InChI=1S/ClH3N2O4/c2-3-7-1(4,5)6/h3H,2H2. The van der Waals surface area contributed by atoms with E-state index in [0.29, 0.717) is 0 Å². The van der Waals surface area contributed by atoms with Crippen LogP contribution in [0, 0.1) is 10.2 Å². The molecule has 0 aliphatic rings. The van der Waals surface area contributed by atoms with Crippen molar-refractivity contribution in [2.45, 2.75) is 0 Å². The van der Waals surface area contributed by atoms with Gasteiger partial charge >= 0.3 is 0 Å². The Bertz CT molecular complexity index is 48.1. The second-order valence-electron chi connectivity index (χ2n) is 0.573. The molecule has 0 spiro atoms. The van der Waals surface area contributed by atoms with Gasteiger partial charge in [0.15, 0.2) is 4.39 Å². The molecule has 0 rings (SSSR count). The minimum Gasteiger partial charge on any atom is -0.235 e. The van der Waals surface area contributed by atoms with Crippen molar-refractivity contribution in [1.29, 1.82) is 0 Å². The predicted molar refractivity (Wildman–Crippen MR) is 8.41 cm³/mol. The Hall–Kier alpha value is 0.0500. The first-order valence-electron chi connectivity index (χ1n) is 1.11. The molecule has 0 aromatic heterocycles. The summed E-state index contributed by atoms with van der Waals surface area (Å²) in [5.74, 6) is 4.26. The van der Waals surface area contributed by atoms with Gasteiger partial charge in [-0.15, -0.1) is 0 Å². The maximum atomic E-state index is 9.28. The lowest BCUT2D eigenvalue weighted by atomic mass is 12.8. The Balaban J connectivity index is 3.15. The van der Waals surface area contributed by atoms with Crippen LogP contribution in [0.5, 0.6) is 0 Å². The van der Waals surface area contributed by atoms with Crippen molar-refractivity contribution in [2.24, 2.45) is 5.84 Å². The summed E-state index contributed by atoms with van der Waals surface area (Å²) in [4.78, 5) is 0. The van der Waals surface area contributed by atoms with Crippen LogP contribution in [0.2, 0.25) is 0 Å². The molecule has 44 valence electrons. The molecule has 0 fully saturated rings. The highest BCUT2D eigenvalue weighted by Gasteiger charge is 2.14. The molecule has 0 amide bonds. The molecular formula is H3ClN2O4. The van der Waals surface area contributed by atoms with E-state index >= 15 is 0 Å². The van der Waals surface area contributed by atoms with E-state index in [0.717, 1.165) is 0 Å². The second kappa shape index (κ2) is 2.38. The van der Waals surface area contributed by atoms with E-state index in [9.17, 15) is 14.0 Å². The highest BCUT2D eigenvalue weighted by atomic mass is 35.7. The Morgan fingerprint density at radius 3 is 1.86 bits per heavy atom. The molecule has 0 aromatic carbocycles. The summed E-state index contributed by atoms with van der Waals surface area (Å²) >= 11 is 0. The van der Waals surface area contributed by atoms with Gasteiger partial charge in [0.05, 0.1) is 0 Å². The van der Waals surface area contributed by atoms with Crippen LogP contribution < -0.4 is 25.4 Å². The summed E-state index contributed by atoms with van der Waals surface area (Å²) in [6.45, 7) is 0. The average Bonchev–Trinajstić information content (AvgIpc) is 1.30. The van der Waals surface area contributed by atoms with Gasteiger partial charge in [-0.3, -0.25) is 0 Å². The fraction of sp³-hybridized carbons (Fsp3) is 0. The van der Waals surface area contributed by atoms with Crippen molar-refractivity contribution in [1.82, 2.24) is 5.59 Å². The Morgan fingerprint density at radius 2 is 1.86 bits per heavy atom. The van der Waals surface area contributed by atoms with E-state index in [4.69, 9.17) is 0 Å². The van der Waals surface area contributed by atoms with Gasteiger partial charge in [0.1, 0.15) is 10.2 Å². The van der Waals surface area contributed by atoms with E-state index in [1.807, 2.05) is 0 Å². The van der Waals surface area contributed by atoms with Crippen LogP contribution in [0.1, 0.15) is 0 Å². The molecule has 0 saturated carbocycles. The van der Waals surface area contributed by atoms with Gasteiger partial charge in [0.2, 0.25) is 0 Å². The number of nitrogens with one attached hydrogen (secondary N) is 1. The fourth-order valence-corrected chi connectivity index (χ4v) is 0.164. The van der Waals surface area contributed by atoms with Gasteiger partial charge in [-0.2, -0.15) is 14.0 Å². The van der Waals surface area contributed by atoms with Crippen LogP contribution in [0.25, 0.3) is 0 Å². The van der Waals surface area contributed by atoms with Gasteiger partial charge in [0, 0.05) is 5.59 Å². The normalized spacial score (nSPS) is 12.0. The highest BCUT2D eigenvalue weighted by molar-refractivity contribution is 3.49. The van der Waals surface area contributed by atoms with Crippen molar-refractivity contribution >= 4 is 0 Å². The van der Waals surface area contributed by atoms with E-state index in [1.165, 1.54) is 5.59 Å². The highest BCUT2D eigenvalue weighted by Crippen LogP contribution is 1.76. The Labute approximate surface area is 41.1 Å². The first kappa shape index (κ1) is 7.05. The van der Waals surface area contributed by atoms with Crippen LogP contribution in [0.3, 0.4) is 0 Å². The summed E-state index contributed by atoms with van der Waals surface area (Å²) < 4.78 is 31.0. The van der Waals surface area contributed by atoms with Gasteiger partial charge in [-0.05, 0) is 0 Å². The number of nitrogens with two attached hydrogens (primary N) is 1. The quantitative estimate of drug-likeness (QED) is 0.287. The number of hydrazine groups is 1. The largest absolute Gasteiger partial charge is 0.235 e. The van der Waals surface area contributed by atoms with E-state index in [1.54, 1.807) is 0 Å². The fourth-order valence-electron chi connectivity index (χ4n) is 0.0546. The lowest BCUT2D eigenvalue weighted by Gasteiger charge is -2.08. The number of halogens is 1. The van der Waals surface area contributed by atoms with Gasteiger partial charge in [-0.25, -0.2) is 5.84 Å². The average molecular weight is 130 g/mol. The molecular weight excluding hydrogens is 127 g/mol. The summed E-state index contributed by atoms with van der Waals surface area (Å²) in [5, 5.41) is 0. The predicted octanol–water partition coefficient (Wildman–Crippen LogP) is -4.72. The summed E-state index contributed by atoms with van der Waals surface area (Å²) in [6, 6.07) is 0. The first-order chi connectivity index (χ1) is 3.06. The molecule has 0 unspecified atom stereocenters. The SMILES string of the molecule is NNO[Cl+3]([O-])([O-])[O-]. The van der Waals surface area contributed by atoms with Crippen molar-refractivity contribution in [3.8, 4) is 0 Å². The van der Waals surface area contributed by atoms with Gasteiger partial charge in [0.25, 0.3) is 0 Å². The molecule has 0 atom stereocenters. The summed E-state index contributed by atoms with van der Waals surface area (Å²) in [7, 11) is -4.42. The molecule has 0 aliphatic carbocycles. The zero-order valence-electron chi connectivity index (χ0n) is 3.09. The molecule has 6 nitrogen and oxygen atoms in total. The molecule has 0 heterocycles. The van der Waals surface area contributed by atoms with Crippen molar-refractivity contribution in [3.63, 3.8) is 0 Å². The maximum absolute atomic E-state index is 9.28. The third kappa shape index (κ3) is 6.05. The number of rotatable bonds is 2. The first-order valence-corrected chi connectivity index (χ1v) is 2.34. The van der Waals surface area contributed by atoms with Crippen LogP contribution in [-0.4, -0.2) is 0 Å². The Kier molecular flexibility index (Phi) is 2.40. The Morgan fingerprint density at radius 1 is 1.43 bits per heavy atom. The minimum absolute atomic E-state index is 1.19. The van der Waals surface area contributed by atoms with Crippen molar-refractivity contribution < 1.29 is 28.6 Å². The van der Waals surface area contributed by atoms with E-state index < -0.39 is 10.2 Å². The number of hydrogen-bond donors (Lipinski definition) is 2. The van der Waals surface area contributed by atoms with Crippen LogP contribution >= 0.6 is 0 Å². The minimum atomic E-state index is -4.42. The molecule has 0 aromatic rings. The summed E-state index contributed by atoms with van der Waals surface area (Å²) in [6.07, 6.45) is 0. The summed E-state index contributed by atoms with van der Waals surface area (Å²) in [5.41, 5.74) is 1.19. The van der Waals surface area contributed by atoms with Crippen molar-refractivity contribution in [2.75, 3.05) is 0 Å². The molecule has 3 N–H and O–H groups in total. The molecule has 0 bridgehead atoms. The zero-order valence-corrected chi connectivity index (χ0v) is 3.84. The van der Waals surface area contributed by atoms with E-state index in [2.05, 4.69) is 10.2 Å². The molecule has 7 heavy (non-hydrogen) atoms. The number of hydrogen-bond acceptors (Lipinski definition) is 6. The smallest absolute Gasteiger partial charge is 0.191 e. The lowest BCUT2D eigenvalue weighted by Crippen LogP contribution is -2.63. The van der Waals surface area contributed by atoms with Gasteiger partial charge in [-0.1, -0.05) is 0 Å². The molecule has 7 heteroatoms. The van der Waals surface area contributed by atoms with Crippen LogP contribution in [0.4, 0.5) is 0 Å². The zero-order chi connectivity index (χ0) is 5.91. The monoisotopic (exact) mass is 130 g/mol. The molecule has 0 aliphatic heterocycles. The topological polar surface area (TPSA) is 116 Å². The van der Waals surface area contributed by atoms with Crippen LogP contribution in [-0.2, 0) is 4.39 Å². The third-order valence-electron chi connectivity index (χ3n) is 0.139. The van der Waals surface area contributed by atoms with Crippen molar-refractivity contribution in [3.05, 3.63) is 0 Å². The van der Waals surface area contributed by atoms with Gasteiger partial charge < -0.3 is 0 Å². The maximum Gasteiger partial charge on any atom is 0.191 e.